The van der Waals surface area contributed by atoms with Crippen LogP contribution in [0, 0.1) is 10.1 Å². The lowest BCUT2D eigenvalue weighted by atomic mass is 10.0. The number of aliphatic carboxylic acids is 2. The molecule has 1 amide bonds. The fourth-order valence-electron chi connectivity index (χ4n) is 3.79. The van der Waals surface area contributed by atoms with Crippen molar-refractivity contribution in [2.24, 2.45) is 0 Å². The fraction of sp³-hybridized carbons (Fsp3) is 0.192. The van der Waals surface area contributed by atoms with Crippen molar-refractivity contribution < 1.29 is 29.5 Å². The summed E-state index contributed by atoms with van der Waals surface area (Å²) in [6.07, 6.45) is 0. The quantitative estimate of drug-likeness (QED) is 0.314. The van der Waals surface area contributed by atoms with E-state index in [1.54, 1.807) is 12.1 Å². The van der Waals surface area contributed by atoms with E-state index in [1.807, 2.05) is 65.6 Å². The number of nitro groups is 1. The van der Waals surface area contributed by atoms with Crippen molar-refractivity contribution in [1.29, 1.82) is 0 Å². The molecule has 3 aromatic carbocycles. The first-order valence-corrected chi connectivity index (χ1v) is 11.1. The van der Waals surface area contributed by atoms with Crippen LogP contribution in [0.5, 0.6) is 0 Å². The lowest BCUT2D eigenvalue weighted by molar-refractivity contribution is -0.385. The number of carbonyl (C=O) groups excluding carboxylic acids is 1. The highest BCUT2D eigenvalue weighted by molar-refractivity contribution is 6.27. The molecule has 1 heterocycles. The lowest BCUT2D eigenvalue weighted by Crippen LogP contribution is -2.48. The Hall–Kier alpha value is -4.57. The zero-order valence-electron chi connectivity index (χ0n) is 19.3. The van der Waals surface area contributed by atoms with E-state index in [-0.39, 0.29) is 16.5 Å². The number of carbonyl (C=O) groups is 3. The molecule has 4 rings (SSSR count). The normalized spacial score (nSPS) is 13.3. The van der Waals surface area contributed by atoms with Gasteiger partial charge in [0.2, 0.25) is 0 Å². The summed E-state index contributed by atoms with van der Waals surface area (Å²) in [4.78, 5) is 46.0. The number of nitrogens with zero attached hydrogens (tertiary/aromatic N) is 3. The molecule has 0 unspecified atom stereocenters. The number of benzene rings is 3. The Morgan fingerprint density at radius 1 is 0.750 bits per heavy atom. The average molecular weight is 492 g/mol. The minimum Gasteiger partial charge on any atom is -0.473 e. The molecule has 186 valence electrons. The van der Waals surface area contributed by atoms with E-state index in [0.29, 0.717) is 43.9 Å². The molecule has 10 nitrogen and oxygen atoms in total. The van der Waals surface area contributed by atoms with Gasteiger partial charge in [0, 0.05) is 49.9 Å². The number of nitro benzene ring substituents is 1. The molecular formula is C26H25N3O7. The minimum atomic E-state index is -1.82. The smallest absolute Gasteiger partial charge is 0.414 e. The number of amides is 1. The summed E-state index contributed by atoms with van der Waals surface area (Å²) in [6.45, 7) is 3.13. The standard InChI is InChI=1S/C24H23N3O3.C2H2O4/c28-24(21-12-10-20(11-13-21)19-6-2-1-3-7-19)26-16-14-25(15-17-26)18-22-8-4-5-9-23(22)27(29)30;3-1(4)2(5)6/h1-13H,14-18H2;(H,3,4)(H,5,6). The van der Waals surface area contributed by atoms with Crippen LogP contribution in [0.1, 0.15) is 15.9 Å². The van der Waals surface area contributed by atoms with E-state index >= 15 is 0 Å². The topological polar surface area (TPSA) is 141 Å². The third-order valence-corrected chi connectivity index (χ3v) is 5.66. The van der Waals surface area contributed by atoms with Gasteiger partial charge in [-0.1, -0.05) is 60.7 Å². The number of rotatable bonds is 5. The SMILES string of the molecule is O=C(O)C(=O)O.O=C(c1ccc(-c2ccccc2)cc1)N1CCN(Cc2ccccc2[N+](=O)[O-])CC1. The molecular weight excluding hydrogens is 466 g/mol. The van der Waals surface area contributed by atoms with E-state index < -0.39 is 11.9 Å². The summed E-state index contributed by atoms with van der Waals surface area (Å²) >= 11 is 0. The van der Waals surface area contributed by atoms with Crippen LogP contribution in [-0.4, -0.2) is 69.0 Å². The monoisotopic (exact) mass is 491 g/mol. The van der Waals surface area contributed by atoms with Crippen molar-refractivity contribution in [3.63, 3.8) is 0 Å². The number of hydrogen-bond acceptors (Lipinski definition) is 6. The van der Waals surface area contributed by atoms with Crippen molar-refractivity contribution in [2.45, 2.75) is 6.54 Å². The Morgan fingerprint density at radius 3 is 1.83 bits per heavy atom. The molecule has 0 aromatic heterocycles. The van der Waals surface area contributed by atoms with Crippen LogP contribution >= 0.6 is 0 Å². The average Bonchev–Trinajstić information content (AvgIpc) is 2.90. The summed E-state index contributed by atoms with van der Waals surface area (Å²) in [5.41, 5.74) is 3.75. The van der Waals surface area contributed by atoms with Gasteiger partial charge in [-0.05, 0) is 23.3 Å². The molecule has 1 saturated heterocycles. The number of para-hydroxylation sites is 1. The van der Waals surface area contributed by atoms with Gasteiger partial charge < -0.3 is 15.1 Å². The van der Waals surface area contributed by atoms with Gasteiger partial charge in [-0.25, -0.2) is 9.59 Å². The molecule has 0 aliphatic carbocycles. The first-order valence-electron chi connectivity index (χ1n) is 11.1. The predicted molar refractivity (Wildman–Crippen MR) is 131 cm³/mol. The second kappa shape index (κ2) is 12.2. The molecule has 36 heavy (non-hydrogen) atoms. The maximum absolute atomic E-state index is 12.9. The van der Waals surface area contributed by atoms with Gasteiger partial charge in [0.15, 0.2) is 0 Å². The minimum absolute atomic E-state index is 0.0277. The van der Waals surface area contributed by atoms with Crippen LogP contribution in [0.2, 0.25) is 0 Å². The van der Waals surface area contributed by atoms with Crippen LogP contribution in [-0.2, 0) is 16.1 Å². The Labute approximate surface area is 207 Å². The highest BCUT2D eigenvalue weighted by Crippen LogP contribution is 2.22. The third kappa shape index (κ3) is 6.97. The Balaban J connectivity index is 0.000000538. The van der Waals surface area contributed by atoms with Crippen molar-refractivity contribution in [2.75, 3.05) is 26.2 Å². The van der Waals surface area contributed by atoms with E-state index in [1.165, 1.54) is 6.07 Å². The van der Waals surface area contributed by atoms with Crippen LogP contribution in [0.3, 0.4) is 0 Å². The van der Waals surface area contributed by atoms with Gasteiger partial charge in [-0.2, -0.15) is 0 Å². The highest BCUT2D eigenvalue weighted by Gasteiger charge is 2.24. The number of carboxylic acids is 2. The van der Waals surface area contributed by atoms with E-state index in [0.717, 1.165) is 11.1 Å². The number of hydrogen-bond donors (Lipinski definition) is 2. The third-order valence-electron chi connectivity index (χ3n) is 5.66. The second-order valence-corrected chi connectivity index (χ2v) is 8.01. The Bertz CT molecular complexity index is 1210. The molecule has 0 atom stereocenters. The molecule has 0 saturated carbocycles. The molecule has 3 aromatic rings. The van der Waals surface area contributed by atoms with Crippen molar-refractivity contribution in [3.8, 4) is 11.1 Å². The van der Waals surface area contributed by atoms with Gasteiger partial charge >= 0.3 is 11.9 Å². The van der Waals surface area contributed by atoms with Crippen molar-refractivity contribution >= 4 is 23.5 Å². The van der Waals surface area contributed by atoms with Crippen molar-refractivity contribution in [3.05, 3.63) is 100 Å². The zero-order valence-corrected chi connectivity index (χ0v) is 19.3. The molecule has 0 bridgehead atoms. The number of carboxylic acid groups (broad SMARTS) is 2. The van der Waals surface area contributed by atoms with Crippen molar-refractivity contribution in [1.82, 2.24) is 9.80 Å². The van der Waals surface area contributed by atoms with Gasteiger partial charge in [0.1, 0.15) is 0 Å². The summed E-state index contributed by atoms with van der Waals surface area (Å²) in [7, 11) is 0. The Kier molecular flexibility index (Phi) is 8.84. The molecule has 2 N–H and O–H groups in total. The van der Waals surface area contributed by atoms with Crippen LogP contribution in [0.25, 0.3) is 11.1 Å². The highest BCUT2D eigenvalue weighted by atomic mass is 16.6. The second-order valence-electron chi connectivity index (χ2n) is 8.01. The molecule has 0 spiro atoms. The van der Waals surface area contributed by atoms with Crippen LogP contribution in [0.15, 0.2) is 78.9 Å². The molecule has 0 radical (unpaired) electrons. The summed E-state index contributed by atoms with van der Waals surface area (Å²) in [5.74, 6) is -3.62. The first-order chi connectivity index (χ1) is 17.3. The Morgan fingerprint density at radius 2 is 1.28 bits per heavy atom. The van der Waals surface area contributed by atoms with E-state index in [4.69, 9.17) is 19.8 Å². The molecule has 1 aliphatic heterocycles. The van der Waals surface area contributed by atoms with Crippen LogP contribution < -0.4 is 0 Å². The maximum atomic E-state index is 12.9. The zero-order chi connectivity index (χ0) is 26.1. The first kappa shape index (κ1) is 26.0. The van der Waals surface area contributed by atoms with Gasteiger partial charge in [0.05, 0.1) is 4.92 Å². The maximum Gasteiger partial charge on any atom is 0.414 e. The van der Waals surface area contributed by atoms with Gasteiger partial charge in [0.25, 0.3) is 11.6 Å². The lowest BCUT2D eigenvalue weighted by Gasteiger charge is -2.34. The fourth-order valence-corrected chi connectivity index (χ4v) is 3.79. The largest absolute Gasteiger partial charge is 0.473 e. The summed E-state index contributed by atoms with van der Waals surface area (Å²) in [5, 5.41) is 26.0. The molecule has 10 heteroatoms. The summed E-state index contributed by atoms with van der Waals surface area (Å²) < 4.78 is 0. The van der Waals surface area contributed by atoms with Crippen LogP contribution in [0.4, 0.5) is 5.69 Å². The van der Waals surface area contributed by atoms with Gasteiger partial charge in [-0.15, -0.1) is 0 Å². The van der Waals surface area contributed by atoms with E-state index in [9.17, 15) is 14.9 Å². The van der Waals surface area contributed by atoms with Gasteiger partial charge in [-0.3, -0.25) is 19.8 Å². The predicted octanol–water partition coefficient (Wildman–Crippen LogP) is 3.38. The molecule has 1 fully saturated rings. The van der Waals surface area contributed by atoms with E-state index in [2.05, 4.69) is 4.90 Å². The summed E-state index contributed by atoms with van der Waals surface area (Å²) in [6, 6.07) is 24.6. The molecule has 1 aliphatic rings. The number of piperazine rings is 1.